The molecule has 1 atom stereocenters. The summed E-state index contributed by atoms with van der Waals surface area (Å²) in [7, 11) is 0. The number of rotatable bonds is 7. The van der Waals surface area contributed by atoms with E-state index in [1.54, 1.807) is 0 Å². The summed E-state index contributed by atoms with van der Waals surface area (Å²) in [6.07, 6.45) is -7.03. The molecule has 0 amide bonds. The molecule has 0 saturated heterocycles. The maximum Gasteiger partial charge on any atom is 0.390 e. The molecular formula is C22H18ClF5N6O2. The van der Waals surface area contributed by atoms with Crippen LogP contribution in [0.5, 0.6) is 0 Å². The van der Waals surface area contributed by atoms with E-state index in [0.717, 1.165) is 20.0 Å². The molecule has 14 heteroatoms. The molecule has 0 aliphatic heterocycles. The lowest BCUT2D eigenvalue weighted by Gasteiger charge is -2.08. The standard InChI is InChI=1S/C22H18ClF5N6O2/c1-12(35)19-29-17(30-34(19)16-4-2-3-15(24)18(16)25)11-33-21(36)32(10-9-22(26,27)28)20(31-33)13-5-7-14(23)8-6-13/h2-8,12,35H,9-11H2,1H3. The van der Waals surface area contributed by atoms with E-state index in [0.29, 0.717) is 10.6 Å². The minimum atomic E-state index is -4.51. The number of aliphatic hydroxyl groups excluding tert-OH is 1. The van der Waals surface area contributed by atoms with E-state index in [1.165, 1.54) is 43.3 Å². The van der Waals surface area contributed by atoms with Crippen LogP contribution in [0.2, 0.25) is 5.02 Å². The van der Waals surface area contributed by atoms with Crippen LogP contribution in [0, 0.1) is 11.6 Å². The lowest BCUT2D eigenvalue weighted by Crippen LogP contribution is -2.27. The summed E-state index contributed by atoms with van der Waals surface area (Å²) in [6, 6.07) is 9.38. The Morgan fingerprint density at radius 1 is 1.08 bits per heavy atom. The number of nitrogens with zero attached hydrogens (tertiary/aromatic N) is 6. The molecule has 190 valence electrons. The zero-order valence-electron chi connectivity index (χ0n) is 18.5. The molecule has 1 unspecified atom stereocenters. The summed E-state index contributed by atoms with van der Waals surface area (Å²) in [5, 5.41) is 18.7. The fourth-order valence-corrected chi connectivity index (χ4v) is 3.60. The third-order valence-corrected chi connectivity index (χ3v) is 5.40. The van der Waals surface area contributed by atoms with Gasteiger partial charge >= 0.3 is 11.9 Å². The van der Waals surface area contributed by atoms with Crippen molar-refractivity contribution in [1.82, 2.24) is 29.1 Å². The molecule has 0 fully saturated rings. The van der Waals surface area contributed by atoms with Crippen molar-refractivity contribution in [1.29, 1.82) is 0 Å². The average molecular weight is 529 g/mol. The number of alkyl halides is 3. The van der Waals surface area contributed by atoms with Crippen molar-refractivity contribution in [3.05, 3.63) is 81.3 Å². The first kappa shape index (κ1) is 25.5. The molecule has 0 bridgehead atoms. The molecule has 36 heavy (non-hydrogen) atoms. The summed E-state index contributed by atoms with van der Waals surface area (Å²) in [5.41, 5.74) is -0.840. The molecule has 0 aliphatic carbocycles. The first-order valence-electron chi connectivity index (χ1n) is 10.5. The first-order chi connectivity index (χ1) is 16.9. The van der Waals surface area contributed by atoms with Gasteiger partial charge in [0.05, 0.1) is 6.42 Å². The average Bonchev–Trinajstić information content (AvgIpc) is 3.36. The largest absolute Gasteiger partial charge is 0.390 e. The minimum Gasteiger partial charge on any atom is -0.385 e. The van der Waals surface area contributed by atoms with Crippen molar-refractivity contribution >= 4 is 11.6 Å². The van der Waals surface area contributed by atoms with E-state index in [9.17, 15) is 31.9 Å². The number of aromatic nitrogens is 6. The zero-order valence-corrected chi connectivity index (χ0v) is 19.3. The number of hydrogen-bond donors (Lipinski definition) is 1. The van der Waals surface area contributed by atoms with Gasteiger partial charge in [-0.05, 0) is 43.3 Å². The molecule has 2 aromatic carbocycles. The zero-order chi connectivity index (χ0) is 26.2. The van der Waals surface area contributed by atoms with Crippen LogP contribution >= 0.6 is 11.6 Å². The van der Waals surface area contributed by atoms with Gasteiger partial charge in [-0.15, -0.1) is 10.2 Å². The van der Waals surface area contributed by atoms with Gasteiger partial charge in [-0.1, -0.05) is 17.7 Å². The van der Waals surface area contributed by atoms with Gasteiger partial charge in [0.25, 0.3) is 0 Å². The molecule has 4 rings (SSSR count). The maximum absolute atomic E-state index is 14.4. The predicted molar refractivity (Wildman–Crippen MR) is 119 cm³/mol. The summed E-state index contributed by atoms with van der Waals surface area (Å²) in [5.74, 6) is -2.66. The highest BCUT2D eigenvalue weighted by molar-refractivity contribution is 6.30. The normalized spacial score (nSPS) is 12.8. The lowest BCUT2D eigenvalue weighted by atomic mass is 10.2. The third kappa shape index (κ3) is 5.31. The second-order valence-corrected chi connectivity index (χ2v) is 8.27. The van der Waals surface area contributed by atoms with Crippen LogP contribution in [0.1, 0.15) is 31.1 Å². The van der Waals surface area contributed by atoms with Crippen molar-refractivity contribution in [2.24, 2.45) is 0 Å². The number of benzene rings is 2. The van der Waals surface area contributed by atoms with Crippen LogP contribution in [-0.4, -0.2) is 40.4 Å². The Kier molecular flexibility index (Phi) is 6.96. The molecule has 2 heterocycles. The SMILES string of the molecule is CC(O)c1nc(Cn2nc(-c3ccc(Cl)cc3)n(CCC(F)(F)F)c2=O)nn1-c1cccc(F)c1F. The molecule has 4 aromatic rings. The van der Waals surface area contributed by atoms with Gasteiger partial charge < -0.3 is 5.11 Å². The Morgan fingerprint density at radius 3 is 2.42 bits per heavy atom. The van der Waals surface area contributed by atoms with Crippen molar-refractivity contribution in [3.63, 3.8) is 0 Å². The number of aliphatic hydroxyl groups is 1. The highest BCUT2D eigenvalue weighted by Crippen LogP contribution is 2.24. The second-order valence-electron chi connectivity index (χ2n) is 7.83. The smallest absolute Gasteiger partial charge is 0.385 e. The fourth-order valence-electron chi connectivity index (χ4n) is 3.47. The van der Waals surface area contributed by atoms with Gasteiger partial charge in [-0.3, -0.25) is 4.57 Å². The van der Waals surface area contributed by atoms with Gasteiger partial charge in [-0.2, -0.15) is 13.2 Å². The summed E-state index contributed by atoms with van der Waals surface area (Å²) < 4.78 is 69.4. The fraction of sp³-hybridized carbons (Fsp3) is 0.273. The molecule has 2 aromatic heterocycles. The van der Waals surface area contributed by atoms with Crippen LogP contribution in [0.3, 0.4) is 0 Å². The van der Waals surface area contributed by atoms with Gasteiger partial charge in [0.2, 0.25) is 0 Å². The summed E-state index contributed by atoms with van der Waals surface area (Å²) in [6.45, 7) is 0.232. The molecule has 1 N–H and O–H groups in total. The number of halogens is 6. The Bertz CT molecular complexity index is 1440. The highest BCUT2D eigenvalue weighted by Gasteiger charge is 2.29. The molecule has 0 radical (unpaired) electrons. The van der Waals surface area contributed by atoms with Crippen LogP contribution in [0.4, 0.5) is 22.0 Å². The van der Waals surface area contributed by atoms with Gasteiger partial charge in [0.1, 0.15) is 18.3 Å². The summed E-state index contributed by atoms with van der Waals surface area (Å²) >= 11 is 5.89. The van der Waals surface area contributed by atoms with Crippen molar-refractivity contribution < 1.29 is 27.1 Å². The second kappa shape index (κ2) is 9.82. The molecule has 0 spiro atoms. The van der Waals surface area contributed by atoms with E-state index < -0.39 is 49.1 Å². The van der Waals surface area contributed by atoms with Crippen LogP contribution in [0.25, 0.3) is 17.1 Å². The quantitative estimate of drug-likeness (QED) is 0.362. The lowest BCUT2D eigenvalue weighted by molar-refractivity contribution is -0.136. The topological polar surface area (TPSA) is 90.8 Å². The van der Waals surface area contributed by atoms with Crippen molar-refractivity contribution in [2.45, 2.75) is 38.7 Å². The van der Waals surface area contributed by atoms with Gasteiger partial charge in [0.15, 0.2) is 29.1 Å². The van der Waals surface area contributed by atoms with E-state index in [4.69, 9.17) is 11.6 Å². The Hall–Kier alpha value is -3.58. The molecular weight excluding hydrogens is 511 g/mol. The van der Waals surface area contributed by atoms with Gasteiger partial charge in [0, 0.05) is 17.1 Å². The van der Waals surface area contributed by atoms with Crippen molar-refractivity contribution in [2.75, 3.05) is 0 Å². The van der Waals surface area contributed by atoms with Crippen LogP contribution in [-0.2, 0) is 13.1 Å². The van der Waals surface area contributed by atoms with E-state index in [2.05, 4.69) is 15.2 Å². The van der Waals surface area contributed by atoms with E-state index in [-0.39, 0.29) is 23.2 Å². The maximum atomic E-state index is 14.4. The van der Waals surface area contributed by atoms with Crippen LogP contribution in [0.15, 0.2) is 47.3 Å². The van der Waals surface area contributed by atoms with Crippen molar-refractivity contribution in [3.8, 4) is 17.1 Å². The Balaban J connectivity index is 1.76. The van der Waals surface area contributed by atoms with E-state index >= 15 is 0 Å². The Labute approximate surface area is 205 Å². The third-order valence-electron chi connectivity index (χ3n) is 5.14. The monoisotopic (exact) mass is 528 g/mol. The Morgan fingerprint density at radius 2 is 1.78 bits per heavy atom. The highest BCUT2D eigenvalue weighted by atomic mass is 35.5. The van der Waals surface area contributed by atoms with Gasteiger partial charge in [-0.25, -0.2) is 27.9 Å². The number of hydrogen-bond acceptors (Lipinski definition) is 5. The first-order valence-corrected chi connectivity index (χ1v) is 10.9. The molecule has 8 nitrogen and oxygen atoms in total. The summed E-state index contributed by atoms with van der Waals surface area (Å²) in [4.78, 5) is 17.1. The molecule has 0 aliphatic rings. The minimum absolute atomic E-state index is 0.0349. The predicted octanol–water partition coefficient (Wildman–Crippen LogP) is 4.28. The van der Waals surface area contributed by atoms with E-state index in [1.807, 2.05) is 0 Å². The molecule has 0 saturated carbocycles. The van der Waals surface area contributed by atoms with Crippen LogP contribution < -0.4 is 5.69 Å².